The molecule has 0 saturated heterocycles. The highest BCUT2D eigenvalue weighted by molar-refractivity contribution is 7.17. The molecule has 1 N–H and O–H groups in total. The molecule has 2 aromatic rings. The van der Waals surface area contributed by atoms with Gasteiger partial charge in [0.05, 0.1) is 10.6 Å². The molecular formula is C18H21FN2O2S. The standard InChI is InChI=1S/C18H21FN2O2S/c1-12(2)10-20-18(22)11-23-21-13(3)16-8-9-17(24-16)14-4-6-15(19)7-5-14/h4-9,12H,10-11H2,1-3H3,(H,20,22). The van der Waals surface area contributed by atoms with Crippen molar-refractivity contribution in [3.8, 4) is 10.4 Å². The summed E-state index contributed by atoms with van der Waals surface area (Å²) in [6, 6.07) is 10.3. The Bertz CT molecular complexity index is 708. The Morgan fingerprint density at radius 2 is 1.96 bits per heavy atom. The number of thiophene rings is 1. The maximum absolute atomic E-state index is 13.0. The molecule has 1 aromatic heterocycles. The van der Waals surface area contributed by atoms with Crippen LogP contribution in [0.25, 0.3) is 10.4 Å². The van der Waals surface area contributed by atoms with Gasteiger partial charge in [0.2, 0.25) is 0 Å². The smallest absolute Gasteiger partial charge is 0.260 e. The minimum Gasteiger partial charge on any atom is -0.385 e. The number of carbonyl (C=O) groups is 1. The van der Waals surface area contributed by atoms with Crippen LogP contribution in [0.5, 0.6) is 0 Å². The second-order valence-electron chi connectivity index (χ2n) is 5.82. The zero-order chi connectivity index (χ0) is 17.5. The third kappa shape index (κ3) is 5.45. The molecule has 0 fully saturated rings. The molecule has 0 bridgehead atoms. The molecule has 0 unspecified atom stereocenters. The summed E-state index contributed by atoms with van der Waals surface area (Å²) in [7, 11) is 0. The van der Waals surface area contributed by atoms with Gasteiger partial charge in [0.15, 0.2) is 6.61 Å². The average molecular weight is 348 g/mol. The largest absolute Gasteiger partial charge is 0.385 e. The van der Waals surface area contributed by atoms with E-state index in [-0.39, 0.29) is 18.3 Å². The van der Waals surface area contributed by atoms with Crippen molar-refractivity contribution in [1.82, 2.24) is 5.32 Å². The molecule has 0 atom stereocenters. The molecule has 0 aliphatic heterocycles. The predicted octanol–water partition coefficient (Wildman–Crippen LogP) is 4.07. The van der Waals surface area contributed by atoms with E-state index in [0.717, 1.165) is 15.3 Å². The van der Waals surface area contributed by atoms with E-state index in [1.807, 2.05) is 32.9 Å². The highest BCUT2D eigenvalue weighted by atomic mass is 32.1. The van der Waals surface area contributed by atoms with Gasteiger partial charge in [-0.15, -0.1) is 11.3 Å². The van der Waals surface area contributed by atoms with Crippen molar-refractivity contribution in [1.29, 1.82) is 0 Å². The molecule has 4 nitrogen and oxygen atoms in total. The Balaban J connectivity index is 1.91. The number of hydrogen-bond donors (Lipinski definition) is 1. The van der Waals surface area contributed by atoms with Crippen LogP contribution in [0.2, 0.25) is 0 Å². The topological polar surface area (TPSA) is 50.7 Å². The van der Waals surface area contributed by atoms with Gasteiger partial charge in [-0.1, -0.05) is 31.1 Å². The molecule has 1 heterocycles. The fourth-order valence-electron chi connectivity index (χ4n) is 1.90. The number of halogens is 1. The molecule has 0 radical (unpaired) electrons. The van der Waals surface area contributed by atoms with Gasteiger partial charge in [-0.3, -0.25) is 4.79 Å². The van der Waals surface area contributed by atoms with Crippen molar-refractivity contribution in [2.45, 2.75) is 20.8 Å². The Hall–Kier alpha value is -2.21. The van der Waals surface area contributed by atoms with E-state index in [9.17, 15) is 9.18 Å². The first-order valence-electron chi connectivity index (χ1n) is 7.75. The first kappa shape index (κ1) is 18.1. The molecule has 0 saturated carbocycles. The van der Waals surface area contributed by atoms with Crippen molar-refractivity contribution in [2.75, 3.05) is 13.2 Å². The van der Waals surface area contributed by atoms with Crippen LogP contribution < -0.4 is 5.32 Å². The Morgan fingerprint density at radius 3 is 2.62 bits per heavy atom. The zero-order valence-corrected chi connectivity index (χ0v) is 14.8. The normalized spacial score (nSPS) is 11.6. The first-order chi connectivity index (χ1) is 11.5. The summed E-state index contributed by atoms with van der Waals surface area (Å²) in [5, 5.41) is 6.75. The van der Waals surface area contributed by atoms with Crippen LogP contribution >= 0.6 is 11.3 Å². The lowest BCUT2D eigenvalue weighted by atomic mass is 10.2. The summed E-state index contributed by atoms with van der Waals surface area (Å²) in [5.74, 6) is -0.0361. The second-order valence-corrected chi connectivity index (χ2v) is 6.90. The molecule has 0 aliphatic carbocycles. The predicted molar refractivity (Wildman–Crippen MR) is 95.7 cm³/mol. The molecule has 0 aliphatic rings. The van der Waals surface area contributed by atoms with Crippen LogP contribution in [0.1, 0.15) is 25.6 Å². The number of carbonyl (C=O) groups excluding carboxylic acids is 1. The quantitative estimate of drug-likeness (QED) is 0.606. The van der Waals surface area contributed by atoms with Crippen LogP contribution in [0.15, 0.2) is 41.6 Å². The van der Waals surface area contributed by atoms with Crippen molar-refractivity contribution in [3.63, 3.8) is 0 Å². The van der Waals surface area contributed by atoms with Crippen molar-refractivity contribution < 1.29 is 14.0 Å². The highest BCUT2D eigenvalue weighted by Crippen LogP contribution is 2.28. The van der Waals surface area contributed by atoms with E-state index in [2.05, 4.69) is 10.5 Å². The van der Waals surface area contributed by atoms with E-state index in [4.69, 9.17) is 4.84 Å². The van der Waals surface area contributed by atoms with E-state index < -0.39 is 0 Å². The van der Waals surface area contributed by atoms with Gasteiger partial charge in [-0.05, 0) is 42.7 Å². The van der Waals surface area contributed by atoms with Gasteiger partial charge >= 0.3 is 0 Å². The van der Waals surface area contributed by atoms with Crippen LogP contribution in [-0.4, -0.2) is 24.8 Å². The summed E-state index contributed by atoms with van der Waals surface area (Å²) in [6.07, 6.45) is 0. The summed E-state index contributed by atoms with van der Waals surface area (Å²) in [4.78, 5) is 18.6. The zero-order valence-electron chi connectivity index (χ0n) is 14.0. The number of benzene rings is 1. The van der Waals surface area contributed by atoms with Crippen LogP contribution in [-0.2, 0) is 9.63 Å². The molecule has 1 amide bonds. The number of hydrogen-bond acceptors (Lipinski definition) is 4. The number of nitrogens with zero attached hydrogens (tertiary/aromatic N) is 1. The Kier molecular flexibility index (Phi) is 6.49. The van der Waals surface area contributed by atoms with Gasteiger partial charge in [0.1, 0.15) is 5.82 Å². The highest BCUT2D eigenvalue weighted by Gasteiger charge is 2.07. The minimum absolute atomic E-state index is 0.0970. The van der Waals surface area contributed by atoms with E-state index in [1.54, 1.807) is 12.1 Å². The van der Waals surface area contributed by atoms with Gasteiger partial charge in [-0.2, -0.15) is 0 Å². The summed E-state index contributed by atoms with van der Waals surface area (Å²) in [6.45, 7) is 6.40. The lowest BCUT2D eigenvalue weighted by molar-refractivity contribution is -0.125. The molecule has 6 heteroatoms. The summed E-state index contributed by atoms with van der Waals surface area (Å²) in [5.41, 5.74) is 1.65. The molecule has 0 spiro atoms. The van der Waals surface area contributed by atoms with Crippen LogP contribution in [0.4, 0.5) is 4.39 Å². The van der Waals surface area contributed by atoms with Gasteiger partial charge in [-0.25, -0.2) is 4.39 Å². The lowest BCUT2D eigenvalue weighted by Gasteiger charge is -2.06. The van der Waals surface area contributed by atoms with Crippen molar-refractivity contribution in [2.24, 2.45) is 11.1 Å². The van der Waals surface area contributed by atoms with E-state index >= 15 is 0 Å². The number of oxime groups is 1. The molecular weight excluding hydrogens is 327 g/mol. The van der Waals surface area contributed by atoms with Gasteiger partial charge < -0.3 is 10.2 Å². The maximum atomic E-state index is 13.0. The van der Waals surface area contributed by atoms with E-state index in [1.165, 1.54) is 23.5 Å². The van der Waals surface area contributed by atoms with E-state index in [0.29, 0.717) is 18.2 Å². The van der Waals surface area contributed by atoms with Crippen LogP contribution in [0, 0.1) is 11.7 Å². The molecule has 24 heavy (non-hydrogen) atoms. The van der Waals surface area contributed by atoms with Crippen LogP contribution in [0.3, 0.4) is 0 Å². The Morgan fingerprint density at radius 1 is 1.25 bits per heavy atom. The first-order valence-corrected chi connectivity index (χ1v) is 8.56. The summed E-state index contributed by atoms with van der Waals surface area (Å²) < 4.78 is 13.0. The number of rotatable bonds is 7. The average Bonchev–Trinajstić information content (AvgIpc) is 3.03. The third-order valence-corrected chi connectivity index (χ3v) is 4.44. The minimum atomic E-state index is -0.252. The lowest BCUT2D eigenvalue weighted by Crippen LogP contribution is -2.30. The van der Waals surface area contributed by atoms with Gasteiger partial charge in [0, 0.05) is 11.4 Å². The van der Waals surface area contributed by atoms with Crippen molar-refractivity contribution >= 4 is 23.0 Å². The molecule has 2 rings (SSSR count). The second kappa shape index (κ2) is 8.59. The SMILES string of the molecule is CC(=NOCC(=O)NCC(C)C)c1ccc(-c2ccc(F)cc2)s1. The maximum Gasteiger partial charge on any atom is 0.260 e. The Labute approximate surface area is 145 Å². The van der Waals surface area contributed by atoms with Crippen molar-refractivity contribution in [3.05, 3.63) is 47.1 Å². The molecule has 1 aromatic carbocycles. The number of amides is 1. The molecule has 128 valence electrons. The third-order valence-electron chi connectivity index (χ3n) is 3.20. The number of nitrogens with one attached hydrogen (secondary N) is 1. The monoisotopic (exact) mass is 348 g/mol. The fraction of sp³-hybridized carbons (Fsp3) is 0.333. The van der Waals surface area contributed by atoms with Gasteiger partial charge in [0.25, 0.3) is 5.91 Å². The fourth-order valence-corrected chi connectivity index (χ4v) is 2.85. The summed E-state index contributed by atoms with van der Waals surface area (Å²) >= 11 is 1.54.